The van der Waals surface area contributed by atoms with Crippen LogP contribution in [-0.4, -0.2) is 30.1 Å². The van der Waals surface area contributed by atoms with E-state index >= 15 is 0 Å². The molecule has 0 radical (unpaired) electrons. The van der Waals surface area contributed by atoms with Crippen LogP contribution in [0.2, 0.25) is 0 Å². The predicted molar refractivity (Wildman–Crippen MR) is 70.9 cm³/mol. The molecule has 17 heavy (non-hydrogen) atoms. The molecule has 0 unspecified atom stereocenters. The van der Waals surface area contributed by atoms with E-state index in [1.54, 1.807) is 0 Å². The van der Waals surface area contributed by atoms with Crippen LogP contribution in [0.1, 0.15) is 31.2 Å². The molecule has 0 aromatic heterocycles. The molecule has 0 bridgehead atoms. The summed E-state index contributed by atoms with van der Waals surface area (Å²) in [6, 6.07) is 10.9. The number of hydrogen-bond acceptors (Lipinski definition) is 2. The van der Waals surface area contributed by atoms with Crippen molar-refractivity contribution in [1.82, 2.24) is 10.2 Å². The number of piperidine rings is 1. The molecule has 2 saturated heterocycles. The van der Waals surface area contributed by atoms with Crippen molar-refractivity contribution in [1.29, 1.82) is 0 Å². The van der Waals surface area contributed by atoms with Crippen molar-refractivity contribution in [3.05, 3.63) is 35.9 Å². The van der Waals surface area contributed by atoms with E-state index in [9.17, 15) is 0 Å². The molecule has 0 saturated carbocycles. The third kappa shape index (κ3) is 2.53. The first-order valence-electron chi connectivity index (χ1n) is 6.88. The highest BCUT2D eigenvalue weighted by molar-refractivity contribution is 5.15. The monoisotopic (exact) mass is 230 g/mol. The largest absolute Gasteiger partial charge is 0.310 e. The second kappa shape index (κ2) is 4.79. The number of nitrogens with one attached hydrogen (secondary N) is 1. The van der Waals surface area contributed by atoms with E-state index in [1.165, 1.54) is 50.9 Å². The summed E-state index contributed by atoms with van der Waals surface area (Å²) in [7, 11) is 0. The van der Waals surface area contributed by atoms with Gasteiger partial charge in [0.15, 0.2) is 0 Å². The van der Waals surface area contributed by atoms with Crippen LogP contribution in [0.25, 0.3) is 0 Å². The lowest BCUT2D eigenvalue weighted by atomic mass is 9.87. The normalized spacial score (nSPS) is 29.9. The summed E-state index contributed by atoms with van der Waals surface area (Å²) in [6.07, 6.45) is 5.45. The summed E-state index contributed by atoms with van der Waals surface area (Å²) < 4.78 is 0. The molecule has 92 valence electrons. The summed E-state index contributed by atoms with van der Waals surface area (Å²) in [5.41, 5.74) is 1.90. The highest BCUT2D eigenvalue weighted by Gasteiger charge is 2.37. The van der Waals surface area contributed by atoms with Crippen molar-refractivity contribution in [2.24, 2.45) is 0 Å². The lowest BCUT2D eigenvalue weighted by molar-refractivity contribution is 0.129. The third-order valence-corrected chi connectivity index (χ3v) is 4.24. The lowest BCUT2D eigenvalue weighted by Crippen LogP contribution is -2.53. The van der Waals surface area contributed by atoms with Crippen LogP contribution in [0.15, 0.2) is 30.3 Å². The Bertz CT molecular complexity index is 354. The van der Waals surface area contributed by atoms with Gasteiger partial charge in [-0.15, -0.1) is 0 Å². The van der Waals surface area contributed by atoms with E-state index in [2.05, 4.69) is 40.5 Å². The van der Waals surface area contributed by atoms with Crippen LogP contribution in [0, 0.1) is 0 Å². The number of nitrogens with zero attached hydrogens (tertiary/aromatic N) is 1. The van der Waals surface area contributed by atoms with Crippen molar-refractivity contribution in [3.63, 3.8) is 0 Å². The Kier molecular flexibility index (Phi) is 3.17. The topological polar surface area (TPSA) is 15.3 Å². The molecule has 1 aromatic carbocycles. The number of rotatable bonds is 2. The molecule has 1 N–H and O–H groups in total. The molecule has 2 aliphatic heterocycles. The lowest BCUT2D eigenvalue weighted by Gasteiger charge is -2.40. The molecule has 2 heterocycles. The van der Waals surface area contributed by atoms with Gasteiger partial charge in [-0.05, 0) is 44.3 Å². The van der Waals surface area contributed by atoms with Crippen molar-refractivity contribution in [3.8, 4) is 0 Å². The Morgan fingerprint density at radius 1 is 1.12 bits per heavy atom. The summed E-state index contributed by atoms with van der Waals surface area (Å²) >= 11 is 0. The minimum atomic E-state index is 0.451. The molecule has 0 aliphatic carbocycles. The zero-order chi connectivity index (χ0) is 11.6. The van der Waals surface area contributed by atoms with Crippen LogP contribution in [-0.2, 0) is 6.54 Å². The van der Waals surface area contributed by atoms with Crippen molar-refractivity contribution in [2.75, 3.05) is 19.6 Å². The van der Waals surface area contributed by atoms with Crippen LogP contribution in [0.4, 0.5) is 0 Å². The Morgan fingerprint density at radius 3 is 2.71 bits per heavy atom. The van der Waals surface area contributed by atoms with Gasteiger partial charge in [0.2, 0.25) is 0 Å². The fourth-order valence-corrected chi connectivity index (χ4v) is 3.42. The minimum absolute atomic E-state index is 0.451. The first-order valence-corrected chi connectivity index (χ1v) is 6.88. The van der Waals surface area contributed by atoms with Gasteiger partial charge in [0.05, 0.1) is 0 Å². The zero-order valence-corrected chi connectivity index (χ0v) is 10.5. The highest BCUT2D eigenvalue weighted by atomic mass is 15.2. The SMILES string of the molecule is c1ccc(CN2CCC[C@]3(CCCN3)C2)cc1. The number of benzene rings is 1. The van der Waals surface area contributed by atoms with Gasteiger partial charge in [0, 0.05) is 18.6 Å². The average molecular weight is 230 g/mol. The standard InChI is InChI=1S/C15H22N2/c1-2-6-14(7-3-1)12-17-11-5-9-15(13-17)8-4-10-16-15/h1-3,6-7,16H,4-5,8-13H2/t15-/m1/s1. The Hall–Kier alpha value is -0.860. The van der Waals surface area contributed by atoms with Gasteiger partial charge in [-0.2, -0.15) is 0 Å². The summed E-state index contributed by atoms with van der Waals surface area (Å²) in [6.45, 7) is 4.84. The first-order chi connectivity index (χ1) is 8.36. The van der Waals surface area contributed by atoms with Crippen LogP contribution < -0.4 is 5.32 Å². The summed E-state index contributed by atoms with van der Waals surface area (Å²) in [5.74, 6) is 0. The highest BCUT2D eigenvalue weighted by Crippen LogP contribution is 2.30. The fraction of sp³-hybridized carbons (Fsp3) is 0.600. The molecule has 3 rings (SSSR count). The molecule has 2 aliphatic rings. The zero-order valence-electron chi connectivity index (χ0n) is 10.5. The molecule has 0 amide bonds. The quantitative estimate of drug-likeness (QED) is 0.839. The second-order valence-corrected chi connectivity index (χ2v) is 5.61. The van der Waals surface area contributed by atoms with Crippen LogP contribution in [0.3, 0.4) is 0 Å². The Morgan fingerprint density at radius 2 is 1.94 bits per heavy atom. The van der Waals surface area contributed by atoms with E-state index in [-0.39, 0.29) is 0 Å². The van der Waals surface area contributed by atoms with Gasteiger partial charge in [-0.3, -0.25) is 4.90 Å². The predicted octanol–water partition coefficient (Wildman–Crippen LogP) is 2.40. The summed E-state index contributed by atoms with van der Waals surface area (Å²) in [4.78, 5) is 2.62. The van der Waals surface area contributed by atoms with E-state index < -0.39 is 0 Å². The van der Waals surface area contributed by atoms with E-state index in [4.69, 9.17) is 0 Å². The fourth-order valence-electron chi connectivity index (χ4n) is 3.42. The van der Waals surface area contributed by atoms with Crippen molar-refractivity contribution >= 4 is 0 Å². The third-order valence-electron chi connectivity index (χ3n) is 4.24. The summed E-state index contributed by atoms with van der Waals surface area (Å²) in [5, 5.41) is 3.75. The van der Waals surface area contributed by atoms with Gasteiger partial charge >= 0.3 is 0 Å². The maximum atomic E-state index is 3.75. The van der Waals surface area contributed by atoms with Gasteiger partial charge in [0.25, 0.3) is 0 Å². The van der Waals surface area contributed by atoms with Crippen molar-refractivity contribution < 1.29 is 0 Å². The van der Waals surface area contributed by atoms with Crippen LogP contribution in [0.5, 0.6) is 0 Å². The van der Waals surface area contributed by atoms with Gasteiger partial charge < -0.3 is 5.32 Å². The molecule has 1 atom stereocenters. The Balaban J connectivity index is 1.64. The van der Waals surface area contributed by atoms with Crippen LogP contribution >= 0.6 is 0 Å². The smallest absolute Gasteiger partial charge is 0.0309 e. The molecule has 2 nitrogen and oxygen atoms in total. The van der Waals surface area contributed by atoms with Gasteiger partial charge in [0.1, 0.15) is 0 Å². The van der Waals surface area contributed by atoms with Gasteiger partial charge in [-0.25, -0.2) is 0 Å². The number of hydrogen-bond donors (Lipinski definition) is 1. The molecular weight excluding hydrogens is 208 g/mol. The molecule has 2 fully saturated rings. The van der Waals surface area contributed by atoms with Crippen molar-refractivity contribution in [2.45, 2.75) is 37.8 Å². The maximum absolute atomic E-state index is 3.75. The average Bonchev–Trinajstić information content (AvgIpc) is 2.79. The minimum Gasteiger partial charge on any atom is -0.310 e. The van der Waals surface area contributed by atoms with E-state index in [1.807, 2.05) is 0 Å². The van der Waals surface area contributed by atoms with E-state index in [0.29, 0.717) is 5.54 Å². The van der Waals surface area contributed by atoms with Gasteiger partial charge in [-0.1, -0.05) is 30.3 Å². The molecular formula is C15H22N2. The van der Waals surface area contributed by atoms with E-state index in [0.717, 1.165) is 6.54 Å². The number of likely N-dealkylation sites (tertiary alicyclic amines) is 1. The molecule has 2 heteroatoms. The first kappa shape index (κ1) is 11.2. The second-order valence-electron chi connectivity index (χ2n) is 5.61. The Labute approximate surface area is 104 Å². The maximum Gasteiger partial charge on any atom is 0.0309 e. The molecule has 1 spiro atoms. The molecule has 1 aromatic rings.